The molecule has 92 valence electrons. The fourth-order valence-electron chi connectivity index (χ4n) is 3.71. The number of Topliss-reactive ketones (excluding diaryl/α,β-unsaturated/α-hetero) is 1. The van der Waals surface area contributed by atoms with E-state index in [0.717, 1.165) is 19.3 Å². The van der Waals surface area contributed by atoms with Gasteiger partial charge in [0.25, 0.3) is 0 Å². The summed E-state index contributed by atoms with van der Waals surface area (Å²) in [6.45, 7) is 5.78. The molecule has 0 radical (unpaired) electrons. The van der Waals surface area contributed by atoms with Gasteiger partial charge in [-0.25, -0.2) is 0 Å². The number of nitrogens with zero attached hydrogens (tertiary/aromatic N) is 1. The zero-order valence-electron chi connectivity index (χ0n) is 10.7. The lowest BCUT2D eigenvalue weighted by Crippen LogP contribution is -2.43. The van der Waals surface area contributed by atoms with Crippen LogP contribution in [0.2, 0.25) is 0 Å². The minimum absolute atomic E-state index is 0.378. The molecule has 1 saturated heterocycles. The molecule has 0 aromatic rings. The Morgan fingerprint density at radius 3 is 2.56 bits per heavy atom. The van der Waals surface area contributed by atoms with Gasteiger partial charge in [0.15, 0.2) is 0 Å². The zero-order chi connectivity index (χ0) is 11.5. The minimum atomic E-state index is 0.378. The molecule has 1 saturated carbocycles. The van der Waals surface area contributed by atoms with Crippen LogP contribution < -0.4 is 0 Å². The third-order valence-electron chi connectivity index (χ3n) is 4.57. The molecule has 0 amide bonds. The summed E-state index contributed by atoms with van der Waals surface area (Å²) in [6.07, 6.45) is 8.15. The SMILES string of the molecule is CCC(CC)N1CCCC1C1CCCC1=O. The van der Waals surface area contributed by atoms with Crippen LogP contribution >= 0.6 is 0 Å². The van der Waals surface area contributed by atoms with Crippen molar-refractivity contribution >= 4 is 5.78 Å². The van der Waals surface area contributed by atoms with E-state index in [1.807, 2.05) is 0 Å². The Hall–Kier alpha value is -0.370. The van der Waals surface area contributed by atoms with Gasteiger partial charge in [-0.1, -0.05) is 13.8 Å². The van der Waals surface area contributed by atoms with Crippen LogP contribution in [0.5, 0.6) is 0 Å². The zero-order valence-corrected chi connectivity index (χ0v) is 10.7. The molecular weight excluding hydrogens is 198 g/mol. The van der Waals surface area contributed by atoms with Crippen LogP contribution in [0.1, 0.15) is 58.8 Å². The first-order valence-electron chi connectivity index (χ1n) is 7.06. The van der Waals surface area contributed by atoms with Crippen molar-refractivity contribution in [1.82, 2.24) is 4.90 Å². The Labute approximate surface area is 99.4 Å². The van der Waals surface area contributed by atoms with Crippen LogP contribution in [-0.4, -0.2) is 29.3 Å². The van der Waals surface area contributed by atoms with Crippen LogP contribution in [-0.2, 0) is 4.79 Å². The molecule has 1 aliphatic carbocycles. The van der Waals surface area contributed by atoms with E-state index in [2.05, 4.69) is 18.7 Å². The molecule has 16 heavy (non-hydrogen) atoms. The lowest BCUT2D eigenvalue weighted by molar-refractivity contribution is -0.122. The van der Waals surface area contributed by atoms with Gasteiger partial charge in [0.2, 0.25) is 0 Å². The molecule has 1 aliphatic heterocycles. The highest BCUT2D eigenvalue weighted by Crippen LogP contribution is 2.35. The highest BCUT2D eigenvalue weighted by Gasteiger charge is 2.39. The molecule has 2 aliphatic rings. The van der Waals surface area contributed by atoms with Crippen molar-refractivity contribution < 1.29 is 4.79 Å². The molecule has 2 nitrogen and oxygen atoms in total. The highest BCUT2D eigenvalue weighted by molar-refractivity contribution is 5.83. The molecule has 2 fully saturated rings. The van der Waals surface area contributed by atoms with E-state index in [1.54, 1.807) is 0 Å². The van der Waals surface area contributed by atoms with Gasteiger partial charge < -0.3 is 0 Å². The van der Waals surface area contributed by atoms with E-state index in [0.29, 0.717) is 23.8 Å². The van der Waals surface area contributed by atoms with Gasteiger partial charge in [-0.05, 0) is 45.1 Å². The summed E-state index contributed by atoms with van der Waals surface area (Å²) in [5.74, 6) is 0.922. The molecule has 2 unspecified atom stereocenters. The average Bonchev–Trinajstić information content (AvgIpc) is 2.88. The Kier molecular flexibility index (Phi) is 4.01. The topological polar surface area (TPSA) is 20.3 Å². The first kappa shape index (κ1) is 12.1. The Bertz CT molecular complexity index is 247. The van der Waals surface area contributed by atoms with Crippen LogP contribution in [0.3, 0.4) is 0 Å². The first-order valence-corrected chi connectivity index (χ1v) is 7.06. The maximum absolute atomic E-state index is 11.9. The van der Waals surface area contributed by atoms with Gasteiger partial charge >= 0.3 is 0 Å². The van der Waals surface area contributed by atoms with Crippen molar-refractivity contribution in [2.45, 2.75) is 70.9 Å². The maximum Gasteiger partial charge on any atom is 0.137 e. The number of carbonyl (C=O) groups excluding carboxylic acids is 1. The normalized spacial score (nSPS) is 31.8. The second-order valence-electron chi connectivity index (χ2n) is 5.38. The fourth-order valence-corrected chi connectivity index (χ4v) is 3.71. The van der Waals surface area contributed by atoms with Gasteiger partial charge in [0.05, 0.1) is 0 Å². The number of likely N-dealkylation sites (tertiary alicyclic amines) is 1. The second-order valence-corrected chi connectivity index (χ2v) is 5.38. The van der Waals surface area contributed by atoms with Crippen molar-refractivity contribution in [3.05, 3.63) is 0 Å². The molecule has 0 aromatic carbocycles. The standard InChI is InChI=1S/C14H25NO/c1-3-11(4-2)15-10-6-8-13(15)12-7-5-9-14(12)16/h11-13H,3-10H2,1-2H3. The van der Waals surface area contributed by atoms with Gasteiger partial charge in [-0.2, -0.15) is 0 Å². The number of hydrogen-bond donors (Lipinski definition) is 0. The number of rotatable bonds is 4. The largest absolute Gasteiger partial charge is 0.299 e. The number of ketones is 1. The van der Waals surface area contributed by atoms with E-state index in [4.69, 9.17) is 0 Å². The number of carbonyl (C=O) groups is 1. The van der Waals surface area contributed by atoms with Crippen molar-refractivity contribution in [2.24, 2.45) is 5.92 Å². The highest BCUT2D eigenvalue weighted by atomic mass is 16.1. The molecule has 2 heteroatoms. The van der Waals surface area contributed by atoms with Crippen LogP contribution in [0, 0.1) is 5.92 Å². The Balaban J connectivity index is 2.05. The van der Waals surface area contributed by atoms with Gasteiger partial charge in [-0.3, -0.25) is 9.69 Å². The van der Waals surface area contributed by atoms with Gasteiger partial charge in [0, 0.05) is 24.4 Å². The summed E-state index contributed by atoms with van der Waals surface area (Å²) >= 11 is 0. The van der Waals surface area contributed by atoms with Crippen molar-refractivity contribution in [3.8, 4) is 0 Å². The summed E-state index contributed by atoms with van der Waals surface area (Å²) in [6, 6.07) is 1.29. The Morgan fingerprint density at radius 2 is 2.00 bits per heavy atom. The minimum Gasteiger partial charge on any atom is -0.299 e. The molecular formula is C14H25NO. The summed E-state index contributed by atoms with van der Waals surface area (Å²) in [5.41, 5.74) is 0. The van der Waals surface area contributed by atoms with E-state index in [1.165, 1.54) is 32.2 Å². The van der Waals surface area contributed by atoms with Crippen LogP contribution in [0.4, 0.5) is 0 Å². The van der Waals surface area contributed by atoms with Gasteiger partial charge in [-0.15, -0.1) is 0 Å². The summed E-state index contributed by atoms with van der Waals surface area (Å²) in [5, 5.41) is 0. The van der Waals surface area contributed by atoms with Crippen molar-refractivity contribution in [1.29, 1.82) is 0 Å². The molecule has 2 atom stereocenters. The van der Waals surface area contributed by atoms with E-state index in [9.17, 15) is 4.79 Å². The number of hydrogen-bond acceptors (Lipinski definition) is 2. The van der Waals surface area contributed by atoms with Crippen LogP contribution in [0.25, 0.3) is 0 Å². The molecule has 2 rings (SSSR count). The van der Waals surface area contributed by atoms with E-state index < -0.39 is 0 Å². The Morgan fingerprint density at radius 1 is 1.25 bits per heavy atom. The molecule has 0 N–H and O–H groups in total. The fraction of sp³-hybridized carbons (Fsp3) is 0.929. The van der Waals surface area contributed by atoms with Crippen molar-refractivity contribution in [2.75, 3.05) is 6.54 Å². The second kappa shape index (κ2) is 5.31. The quantitative estimate of drug-likeness (QED) is 0.730. The van der Waals surface area contributed by atoms with Crippen molar-refractivity contribution in [3.63, 3.8) is 0 Å². The maximum atomic E-state index is 11.9. The van der Waals surface area contributed by atoms with E-state index in [-0.39, 0.29) is 0 Å². The monoisotopic (exact) mass is 223 g/mol. The average molecular weight is 223 g/mol. The van der Waals surface area contributed by atoms with Crippen LogP contribution in [0.15, 0.2) is 0 Å². The van der Waals surface area contributed by atoms with E-state index >= 15 is 0 Å². The summed E-state index contributed by atoms with van der Waals surface area (Å²) < 4.78 is 0. The molecule has 0 spiro atoms. The molecule has 0 bridgehead atoms. The first-order chi connectivity index (χ1) is 7.77. The smallest absolute Gasteiger partial charge is 0.137 e. The summed E-state index contributed by atoms with van der Waals surface area (Å²) in [4.78, 5) is 14.5. The lowest BCUT2D eigenvalue weighted by Gasteiger charge is -2.34. The molecule has 1 heterocycles. The predicted molar refractivity (Wildman–Crippen MR) is 66.4 cm³/mol. The lowest BCUT2D eigenvalue weighted by atomic mass is 9.93. The third kappa shape index (κ3) is 2.17. The van der Waals surface area contributed by atoms with Gasteiger partial charge in [0.1, 0.15) is 5.78 Å². The third-order valence-corrected chi connectivity index (χ3v) is 4.57. The molecule has 0 aromatic heterocycles. The summed E-state index contributed by atoms with van der Waals surface area (Å²) in [7, 11) is 0. The predicted octanol–water partition coefficient (Wildman–Crippen LogP) is 3.01.